The zero-order valence-corrected chi connectivity index (χ0v) is 41.2. The summed E-state index contributed by atoms with van der Waals surface area (Å²) in [4.78, 5) is 4.89. The maximum atomic E-state index is 9.35. The van der Waals surface area contributed by atoms with Crippen LogP contribution in [-0.2, 0) is 5.41 Å². The van der Waals surface area contributed by atoms with E-state index >= 15 is 0 Å². The molecule has 75 heavy (non-hydrogen) atoms. The number of rotatable bonds is 10. The molecular weight excluding hydrogens is 913 g/mol. The van der Waals surface area contributed by atoms with Crippen molar-refractivity contribution in [2.24, 2.45) is 0 Å². The second kappa shape index (κ2) is 18.8. The van der Waals surface area contributed by atoms with Crippen LogP contribution in [0.3, 0.4) is 0 Å². The van der Waals surface area contributed by atoms with Gasteiger partial charge in [-0.2, -0.15) is 0 Å². The molecule has 5 heteroatoms. The largest absolute Gasteiger partial charge is 0.458 e. The van der Waals surface area contributed by atoms with E-state index in [-0.39, 0.29) is 33.4 Å². The van der Waals surface area contributed by atoms with Crippen molar-refractivity contribution in [3.8, 4) is 84.3 Å². The van der Waals surface area contributed by atoms with E-state index in [1.807, 2.05) is 120 Å². The number of ether oxygens (including phenoxy) is 1. The molecule has 5 nitrogen and oxygen atoms in total. The molecule has 13 aromatic rings. The fraction of sp³-hybridized carbons (Fsp3) is 0.0571. The van der Waals surface area contributed by atoms with Crippen LogP contribution in [0.2, 0.25) is 0 Å². The monoisotopic (exact) mass is 974 g/mol. The summed E-state index contributed by atoms with van der Waals surface area (Å²) in [5.41, 5.74) is 10.2. The normalized spacial score (nSPS) is 13.5. The smallest absolute Gasteiger partial charge is 0.269 e. The van der Waals surface area contributed by atoms with E-state index in [1.165, 1.54) is 0 Å². The Morgan fingerprint density at radius 2 is 1.07 bits per heavy atom. The summed E-state index contributed by atoms with van der Waals surface area (Å²) < 4.78 is 103. The van der Waals surface area contributed by atoms with Crippen molar-refractivity contribution in [2.75, 3.05) is 0 Å². The van der Waals surface area contributed by atoms with Crippen molar-refractivity contribution in [2.45, 2.75) is 26.2 Å². The van der Waals surface area contributed by atoms with Gasteiger partial charge in [0.2, 0.25) is 0 Å². The molecule has 0 fully saturated rings. The van der Waals surface area contributed by atoms with Gasteiger partial charge < -0.3 is 4.74 Å². The molecule has 10 aromatic carbocycles. The SMILES string of the molecule is [2H]c1c([2H])c([2H])c(-c2cccc(-c3c([2H])c([2H])c([2H])c([2H])c3[2H])c2-[n+]2[c-]n(-c3cccc(Oc4ccc5c6ccccc6n(-c6cc(C(C)(C)C)ccn6)c5c4)c3)c3c(-c4c(-c5ccccc5)cccc4-c4ccccc4)cccc32)c([2H])c1[2H]. The molecule has 358 valence electrons. The third kappa shape index (κ3) is 8.25. The van der Waals surface area contributed by atoms with E-state index < -0.39 is 60.4 Å². The van der Waals surface area contributed by atoms with Gasteiger partial charge >= 0.3 is 0 Å². The van der Waals surface area contributed by atoms with Crippen LogP contribution in [0.25, 0.3) is 106 Å². The average molecular weight is 975 g/mol. The second-order valence-corrected chi connectivity index (χ2v) is 19.4. The van der Waals surface area contributed by atoms with Crippen LogP contribution in [0.5, 0.6) is 11.5 Å². The Kier molecular flexibility index (Phi) is 8.90. The lowest BCUT2D eigenvalue weighted by molar-refractivity contribution is -0.571. The van der Waals surface area contributed by atoms with E-state index in [0.29, 0.717) is 28.2 Å². The number of benzene rings is 10. The number of fused-ring (bicyclic) bond motifs is 4. The number of imidazole rings is 1. The third-order valence-electron chi connectivity index (χ3n) is 13.8. The summed E-state index contributed by atoms with van der Waals surface area (Å²) in [5.74, 6) is 1.84. The number of pyridine rings is 1. The Balaban J connectivity index is 1.10. The van der Waals surface area contributed by atoms with Crippen molar-refractivity contribution in [1.29, 1.82) is 0 Å². The lowest BCUT2D eigenvalue weighted by atomic mass is 9.87. The van der Waals surface area contributed by atoms with E-state index in [4.69, 9.17) is 17.9 Å². The molecule has 0 aliphatic heterocycles. The molecule has 0 N–H and O–H groups in total. The molecule has 0 aliphatic carbocycles. The van der Waals surface area contributed by atoms with Crippen LogP contribution >= 0.6 is 0 Å². The molecule has 0 bridgehead atoms. The zero-order valence-electron chi connectivity index (χ0n) is 51.2. The summed E-state index contributed by atoms with van der Waals surface area (Å²) in [7, 11) is 0. The summed E-state index contributed by atoms with van der Waals surface area (Å²) in [5, 5.41) is 2.10. The molecule has 0 amide bonds. The van der Waals surface area contributed by atoms with Crippen LogP contribution in [-0.4, -0.2) is 14.1 Å². The fourth-order valence-corrected chi connectivity index (χ4v) is 10.3. The Morgan fingerprint density at radius 3 is 1.73 bits per heavy atom. The van der Waals surface area contributed by atoms with Gasteiger partial charge in [0.05, 0.1) is 47.1 Å². The average Bonchev–Trinajstić information content (AvgIpc) is 2.35. The molecule has 0 aliphatic rings. The summed E-state index contributed by atoms with van der Waals surface area (Å²) >= 11 is 0. The van der Waals surface area contributed by atoms with Gasteiger partial charge in [-0.3, -0.25) is 13.7 Å². The van der Waals surface area contributed by atoms with E-state index in [0.717, 1.165) is 66.6 Å². The highest BCUT2D eigenvalue weighted by molar-refractivity contribution is 6.09. The number of para-hydroxylation sites is 3. The van der Waals surface area contributed by atoms with Gasteiger partial charge in [-0.05, 0) is 115 Å². The highest BCUT2D eigenvalue weighted by Crippen LogP contribution is 2.45. The Hall–Kier alpha value is -9.58. The number of hydrogen-bond acceptors (Lipinski definition) is 2. The Morgan fingerprint density at radius 1 is 0.493 bits per heavy atom. The van der Waals surface area contributed by atoms with Crippen LogP contribution in [0.4, 0.5) is 0 Å². The molecule has 3 heterocycles. The first-order valence-corrected chi connectivity index (χ1v) is 24.8. The number of nitrogens with zero attached hydrogens (tertiary/aromatic N) is 4. The van der Waals surface area contributed by atoms with Gasteiger partial charge in [0, 0.05) is 23.0 Å². The van der Waals surface area contributed by atoms with Gasteiger partial charge in [-0.1, -0.05) is 221 Å². The first-order valence-electron chi connectivity index (χ1n) is 29.8. The predicted octanol–water partition coefficient (Wildman–Crippen LogP) is 17.6. The number of aromatic nitrogens is 4. The van der Waals surface area contributed by atoms with E-state index in [1.54, 1.807) is 22.8 Å². The Bertz CT molecular complexity index is 4660. The Labute approximate surface area is 451 Å². The molecule has 13 rings (SSSR count). The highest BCUT2D eigenvalue weighted by atomic mass is 16.5. The first kappa shape index (κ1) is 35.5. The summed E-state index contributed by atoms with van der Waals surface area (Å²) in [6.45, 7) is 6.55. The van der Waals surface area contributed by atoms with E-state index in [2.05, 4.69) is 98.4 Å². The maximum absolute atomic E-state index is 9.35. The quantitative estimate of drug-likeness (QED) is 0.101. The van der Waals surface area contributed by atoms with Gasteiger partial charge in [0.1, 0.15) is 17.3 Å². The minimum Gasteiger partial charge on any atom is -0.458 e. The minimum atomic E-state index is -0.582. The number of hydrogen-bond donors (Lipinski definition) is 0. The second-order valence-electron chi connectivity index (χ2n) is 19.4. The minimum absolute atomic E-state index is 0.117. The molecule has 0 atom stereocenters. The van der Waals surface area contributed by atoms with Gasteiger partial charge in [0.25, 0.3) is 6.33 Å². The summed E-state index contributed by atoms with van der Waals surface area (Å²) in [6, 6.07) is 57.9. The zero-order chi connectivity index (χ0) is 59.2. The van der Waals surface area contributed by atoms with Crippen LogP contribution < -0.4 is 9.30 Å². The standard InChI is InChI=1S/C70H52N4O/c1-70(2,3)52-42-43-71-66(44-52)74-63-38-17-16-32-60(63)61-41-40-55(46-65(61)74)75-54-31-18-30-53(45-54)72-47-73(68-58(50-26-12-6-13-27-50)35-20-36-59(68)51-28-14-7-15-29-51)64-39-21-37-62(69(64)72)67-56(48-22-8-4-9-23-48)33-19-34-57(67)49-24-10-5-11-25-49/h4-46H,1-3H3/i6D,7D,12D,13D,14D,15D,26D,27D,28D,29D. The molecule has 0 radical (unpaired) electrons. The van der Waals surface area contributed by atoms with Crippen molar-refractivity contribution in [3.63, 3.8) is 0 Å². The molecule has 0 saturated carbocycles. The van der Waals surface area contributed by atoms with Gasteiger partial charge in [-0.25, -0.2) is 4.98 Å². The van der Waals surface area contributed by atoms with Crippen molar-refractivity contribution in [3.05, 3.63) is 273 Å². The van der Waals surface area contributed by atoms with Gasteiger partial charge in [0.15, 0.2) is 0 Å². The lowest BCUT2D eigenvalue weighted by Crippen LogP contribution is -2.31. The predicted molar refractivity (Wildman–Crippen MR) is 308 cm³/mol. The van der Waals surface area contributed by atoms with Crippen molar-refractivity contribution in [1.82, 2.24) is 14.1 Å². The fourth-order valence-electron chi connectivity index (χ4n) is 10.3. The lowest BCUT2D eigenvalue weighted by Gasteiger charge is -2.20. The van der Waals surface area contributed by atoms with Gasteiger partial charge in [-0.15, -0.1) is 0 Å². The molecule has 0 spiro atoms. The molecule has 0 unspecified atom stereocenters. The third-order valence-corrected chi connectivity index (χ3v) is 13.8. The van der Waals surface area contributed by atoms with Crippen molar-refractivity contribution >= 4 is 32.8 Å². The molecule has 0 saturated heterocycles. The van der Waals surface area contributed by atoms with E-state index in [9.17, 15) is 5.48 Å². The van der Waals surface area contributed by atoms with Crippen molar-refractivity contribution < 1.29 is 23.0 Å². The van der Waals surface area contributed by atoms with Crippen LogP contribution in [0.15, 0.2) is 261 Å². The van der Waals surface area contributed by atoms with Crippen LogP contribution in [0.1, 0.15) is 40.0 Å². The topological polar surface area (TPSA) is 35.9 Å². The highest BCUT2D eigenvalue weighted by Gasteiger charge is 2.25. The first-order chi connectivity index (χ1) is 41.0. The maximum Gasteiger partial charge on any atom is 0.269 e. The molecular formula is C70H52N4O. The van der Waals surface area contributed by atoms with Crippen LogP contribution in [0, 0.1) is 6.33 Å². The summed E-state index contributed by atoms with van der Waals surface area (Å²) in [6.07, 6.45) is 5.52. The molecule has 3 aromatic heterocycles.